The number of benzene rings is 1. The first-order valence-corrected chi connectivity index (χ1v) is 7.83. The Balaban J connectivity index is 1.66. The van der Waals surface area contributed by atoms with Crippen molar-refractivity contribution < 1.29 is 0 Å². The van der Waals surface area contributed by atoms with Crippen LogP contribution in [0.4, 0.5) is 0 Å². The van der Waals surface area contributed by atoms with Crippen molar-refractivity contribution in [1.82, 2.24) is 10.2 Å². The van der Waals surface area contributed by atoms with Crippen LogP contribution < -0.4 is 5.32 Å². The molecule has 1 aliphatic carbocycles. The molecule has 2 aliphatic rings. The third-order valence-corrected chi connectivity index (χ3v) is 4.96. The topological polar surface area (TPSA) is 15.3 Å². The van der Waals surface area contributed by atoms with E-state index in [1.54, 1.807) is 11.1 Å². The number of nitrogens with one attached hydrogen (secondary N) is 1. The monoisotopic (exact) mass is 258 g/mol. The minimum absolute atomic E-state index is 0.749. The largest absolute Gasteiger partial charge is 0.317 e. The summed E-state index contributed by atoms with van der Waals surface area (Å²) in [7, 11) is 2.13. The molecule has 1 aromatic rings. The number of nitrogens with zero attached hydrogens (tertiary/aromatic N) is 1. The second-order valence-corrected chi connectivity index (χ2v) is 6.19. The van der Waals surface area contributed by atoms with E-state index in [0.717, 1.165) is 18.5 Å². The van der Waals surface area contributed by atoms with Crippen LogP contribution in [0.15, 0.2) is 24.3 Å². The van der Waals surface area contributed by atoms with E-state index in [4.69, 9.17) is 0 Å². The van der Waals surface area contributed by atoms with Crippen molar-refractivity contribution in [2.45, 2.75) is 44.7 Å². The van der Waals surface area contributed by atoms with Crippen LogP contribution in [-0.2, 0) is 13.0 Å². The Hall–Kier alpha value is -0.860. The van der Waals surface area contributed by atoms with Crippen LogP contribution in [0, 0.1) is 5.92 Å². The highest BCUT2D eigenvalue weighted by Crippen LogP contribution is 2.28. The molecule has 0 spiro atoms. The van der Waals surface area contributed by atoms with E-state index in [-0.39, 0.29) is 0 Å². The Morgan fingerprint density at radius 3 is 2.84 bits per heavy atom. The van der Waals surface area contributed by atoms with Gasteiger partial charge in [-0.25, -0.2) is 0 Å². The molecule has 1 heterocycles. The van der Waals surface area contributed by atoms with E-state index in [0.29, 0.717) is 0 Å². The molecule has 2 nitrogen and oxygen atoms in total. The fourth-order valence-corrected chi connectivity index (χ4v) is 3.89. The van der Waals surface area contributed by atoms with Crippen LogP contribution in [0.3, 0.4) is 0 Å². The van der Waals surface area contributed by atoms with Crippen LogP contribution in [0.5, 0.6) is 0 Å². The van der Waals surface area contributed by atoms with Gasteiger partial charge in [0.05, 0.1) is 0 Å². The average molecular weight is 258 g/mol. The maximum atomic E-state index is 3.51. The summed E-state index contributed by atoms with van der Waals surface area (Å²) in [6.07, 6.45) is 6.75. The van der Waals surface area contributed by atoms with Gasteiger partial charge in [0.1, 0.15) is 0 Å². The molecule has 0 bridgehead atoms. The second-order valence-electron chi connectivity index (χ2n) is 6.19. The number of hydrogen-bond donors (Lipinski definition) is 1. The molecule has 1 aromatic carbocycles. The van der Waals surface area contributed by atoms with Gasteiger partial charge in [-0.05, 0) is 56.3 Å². The van der Waals surface area contributed by atoms with Crippen LogP contribution in [0.2, 0.25) is 0 Å². The summed E-state index contributed by atoms with van der Waals surface area (Å²) in [4.78, 5) is 2.69. The normalized spacial score (nSPS) is 28.1. The zero-order valence-corrected chi connectivity index (χ0v) is 12.1. The Morgan fingerprint density at radius 2 is 2.00 bits per heavy atom. The van der Waals surface area contributed by atoms with Crippen LogP contribution >= 0.6 is 0 Å². The fourth-order valence-electron chi connectivity index (χ4n) is 3.89. The smallest absolute Gasteiger partial charge is 0.0236 e. The summed E-state index contributed by atoms with van der Waals surface area (Å²) in [6, 6.07) is 9.75. The molecule has 2 atom stereocenters. The van der Waals surface area contributed by atoms with Gasteiger partial charge in [-0.1, -0.05) is 30.7 Å². The van der Waals surface area contributed by atoms with Crippen LogP contribution in [-0.4, -0.2) is 31.1 Å². The highest BCUT2D eigenvalue weighted by Gasteiger charge is 2.28. The van der Waals surface area contributed by atoms with Crippen molar-refractivity contribution in [3.8, 4) is 0 Å². The predicted molar refractivity (Wildman–Crippen MR) is 80.2 cm³/mol. The molecule has 1 saturated carbocycles. The van der Waals surface area contributed by atoms with Crippen LogP contribution in [0.25, 0.3) is 0 Å². The molecule has 3 rings (SSSR count). The Bertz CT molecular complexity index is 415. The molecule has 0 aromatic heterocycles. The first-order chi connectivity index (χ1) is 9.36. The first kappa shape index (κ1) is 13.1. The summed E-state index contributed by atoms with van der Waals surface area (Å²) in [5.41, 5.74) is 3.13. The molecule has 1 N–H and O–H groups in total. The van der Waals surface area contributed by atoms with E-state index < -0.39 is 0 Å². The molecule has 1 fully saturated rings. The van der Waals surface area contributed by atoms with Gasteiger partial charge >= 0.3 is 0 Å². The Kier molecular flexibility index (Phi) is 4.19. The number of rotatable bonds is 3. The second kappa shape index (κ2) is 6.06. The van der Waals surface area contributed by atoms with Crippen molar-refractivity contribution in [2.75, 3.05) is 20.1 Å². The third-order valence-electron chi connectivity index (χ3n) is 4.96. The summed E-state index contributed by atoms with van der Waals surface area (Å²) in [5, 5.41) is 3.51. The quantitative estimate of drug-likeness (QED) is 0.897. The van der Waals surface area contributed by atoms with E-state index in [9.17, 15) is 0 Å². The van der Waals surface area contributed by atoms with Gasteiger partial charge in [0.25, 0.3) is 0 Å². The lowest BCUT2D eigenvalue weighted by atomic mass is 10.0. The Morgan fingerprint density at radius 1 is 1.16 bits per heavy atom. The van der Waals surface area contributed by atoms with Gasteiger partial charge < -0.3 is 5.32 Å². The van der Waals surface area contributed by atoms with Crippen LogP contribution in [0.1, 0.15) is 36.8 Å². The van der Waals surface area contributed by atoms with Gasteiger partial charge in [-0.15, -0.1) is 0 Å². The SMILES string of the molecule is CNC1CCCC1CN1CCCc2ccccc2C1. The molecule has 0 radical (unpaired) electrons. The summed E-state index contributed by atoms with van der Waals surface area (Å²) >= 11 is 0. The number of aryl methyl sites for hydroxylation is 1. The molecule has 19 heavy (non-hydrogen) atoms. The summed E-state index contributed by atoms with van der Waals surface area (Å²) in [6.45, 7) is 3.70. The standard InChI is InChI=1S/C17H26N2/c1-18-17-10-4-8-16(17)13-19-11-5-9-14-6-2-3-7-15(14)12-19/h2-3,6-7,16-18H,4-5,8-13H2,1H3. The minimum atomic E-state index is 0.749. The van der Waals surface area contributed by atoms with E-state index in [1.165, 1.54) is 45.2 Å². The molecule has 0 amide bonds. The van der Waals surface area contributed by atoms with Crippen molar-refractivity contribution in [2.24, 2.45) is 5.92 Å². The first-order valence-electron chi connectivity index (χ1n) is 7.83. The lowest BCUT2D eigenvalue weighted by Crippen LogP contribution is -2.37. The third kappa shape index (κ3) is 3.01. The van der Waals surface area contributed by atoms with Crippen molar-refractivity contribution >= 4 is 0 Å². The molecule has 2 heteroatoms. The van der Waals surface area contributed by atoms with Crippen molar-refractivity contribution in [3.05, 3.63) is 35.4 Å². The van der Waals surface area contributed by atoms with Gasteiger partial charge in [-0.3, -0.25) is 4.90 Å². The highest BCUT2D eigenvalue weighted by molar-refractivity contribution is 5.28. The van der Waals surface area contributed by atoms with E-state index >= 15 is 0 Å². The lowest BCUT2D eigenvalue weighted by Gasteiger charge is -2.27. The fraction of sp³-hybridized carbons (Fsp3) is 0.647. The highest BCUT2D eigenvalue weighted by atomic mass is 15.1. The van der Waals surface area contributed by atoms with Gasteiger partial charge in [0, 0.05) is 19.1 Å². The maximum Gasteiger partial charge on any atom is 0.0236 e. The lowest BCUT2D eigenvalue weighted by molar-refractivity contribution is 0.211. The van der Waals surface area contributed by atoms with Gasteiger partial charge in [0.2, 0.25) is 0 Å². The Labute approximate surface area is 117 Å². The zero-order chi connectivity index (χ0) is 13.1. The molecular formula is C17H26N2. The van der Waals surface area contributed by atoms with Crippen molar-refractivity contribution in [3.63, 3.8) is 0 Å². The summed E-state index contributed by atoms with van der Waals surface area (Å²) < 4.78 is 0. The maximum absolute atomic E-state index is 3.51. The molecule has 0 saturated heterocycles. The van der Waals surface area contributed by atoms with Gasteiger partial charge in [-0.2, -0.15) is 0 Å². The predicted octanol–water partition coefficient (Wildman–Crippen LogP) is 2.82. The average Bonchev–Trinajstić information content (AvgIpc) is 2.77. The van der Waals surface area contributed by atoms with E-state index in [2.05, 4.69) is 41.5 Å². The minimum Gasteiger partial charge on any atom is -0.317 e. The van der Waals surface area contributed by atoms with Gasteiger partial charge in [0.15, 0.2) is 0 Å². The molecule has 2 unspecified atom stereocenters. The molecule has 1 aliphatic heterocycles. The molecule has 104 valence electrons. The number of fused-ring (bicyclic) bond motifs is 1. The molecular weight excluding hydrogens is 232 g/mol. The van der Waals surface area contributed by atoms with E-state index in [1.807, 2.05) is 0 Å². The number of hydrogen-bond acceptors (Lipinski definition) is 2. The van der Waals surface area contributed by atoms with Crippen molar-refractivity contribution in [1.29, 1.82) is 0 Å². The summed E-state index contributed by atoms with van der Waals surface area (Å²) in [5.74, 6) is 0.857. The zero-order valence-electron chi connectivity index (χ0n) is 12.1.